The fourth-order valence-corrected chi connectivity index (χ4v) is 2.32. The lowest BCUT2D eigenvalue weighted by atomic mass is 10.1. The van der Waals surface area contributed by atoms with Crippen LogP contribution in [-0.4, -0.2) is 17.5 Å². The van der Waals surface area contributed by atoms with Gasteiger partial charge in [0.2, 0.25) is 0 Å². The van der Waals surface area contributed by atoms with E-state index in [9.17, 15) is 4.79 Å². The van der Waals surface area contributed by atoms with Crippen LogP contribution in [0.4, 0.5) is 0 Å². The quantitative estimate of drug-likeness (QED) is 0.676. The number of benzene rings is 2. The first-order chi connectivity index (χ1) is 9.78. The summed E-state index contributed by atoms with van der Waals surface area (Å²) in [5, 5.41) is 1.14. The van der Waals surface area contributed by atoms with Crippen LogP contribution in [0.15, 0.2) is 60.8 Å². The number of ketones is 1. The van der Waals surface area contributed by atoms with Crippen molar-refractivity contribution in [3.8, 4) is 5.75 Å². The van der Waals surface area contributed by atoms with Crippen LogP contribution in [0, 0.1) is 0 Å². The predicted molar refractivity (Wildman–Crippen MR) is 79.3 cm³/mol. The van der Waals surface area contributed by atoms with Gasteiger partial charge in [-0.15, -0.1) is 0 Å². The highest BCUT2D eigenvalue weighted by molar-refractivity contribution is 5.97. The molecule has 0 radical (unpaired) electrons. The summed E-state index contributed by atoms with van der Waals surface area (Å²) in [7, 11) is 1.60. The van der Waals surface area contributed by atoms with Crippen molar-refractivity contribution in [1.29, 1.82) is 0 Å². The van der Waals surface area contributed by atoms with Crippen molar-refractivity contribution in [2.24, 2.45) is 0 Å². The summed E-state index contributed by atoms with van der Waals surface area (Å²) in [6.07, 6.45) is 1.95. The monoisotopic (exact) mass is 265 g/mol. The Hall–Kier alpha value is -2.55. The predicted octanol–water partition coefficient (Wildman–Crippen LogP) is 3.53. The zero-order valence-corrected chi connectivity index (χ0v) is 11.2. The van der Waals surface area contributed by atoms with Crippen molar-refractivity contribution < 1.29 is 9.53 Å². The van der Waals surface area contributed by atoms with Crippen molar-refractivity contribution in [2.75, 3.05) is 7.11 Å². The van der Waals surface area contributed by atoms with Gasteiger partial charge in [0.1, 0.15) is 5.75 Å². The molecule has 20 heavy (non-hydrogen) atoms. The lowest BCUT2D eigenvalue weighted by Crippen LogP contribution is -2.09. The molecule has 3 nitrogen and oxygen atoms in total. The molecular formula is C17H15NO2. The second-order valence-corrected chi connectivity index (χ2v) is 4.66. The molecule has 0 aliphatic rings. The van der Waals surface area contributed by atoms with Gasteiger partial charge in [-0.2, -0.15) is 0 Å². The number of methoxy groups -OCH3 is 1. The number of ether oxygens (including phenoxy) is 1. The first-order valence-electron chi connectivity index (χ1n) is 6.49. The van der Waals surface area contributed by atoms with Crippen LogP contribution in [0.25, 0.3) is 10.9 Å². The van der Waals surface area contributed by atoms with E-state index < -0.39 is 0 Å². The summed E-state index contributed by atoms with van der Waals surface area (Å²) in [5.41, 5.74) is 1.74. The summed E-state index contributed by atoms with van der Waals surface area (Å²) >= 11 is 0. The molecule has 1 aromatic heterocycles. The average Bonchev–Trinajstić information content (AvgIpc) is 2.90. The van der Waals surface area contributed by atoms with Gasteiger partial charge < -0.3 is 9.30 Å². The fourth-order valence-electron chi connectivity index (χ4n) is 2.32. The van der Waals surface area contributed by atoms with E-state index in [0.717, 1.165) is 10.9 Å². The van der Waals surface area contributed by atoms with Gasteiger partial charge in [-0.3, -0.25) is 4.79 Å². The van der Waals surface area contributed by atoms with Crippen LogP contribution < -0.4 is 4.74 Å². The highest BCUT2D eigenvalue weighted by Gasteiger charge is 2.09. The van der Waals surface area contributed by atoms with Crippen molar-refractivity contribution in [2.45, 2.75) is 6.54 Å². The molecule has 3 rings (SSSR count). The van der Waals surface area contributed by atoms with Gasteiger partial charge in [-0.25, -0.2) is 0 Å². The third-order valence-corrected chi connectivity index (χ3v) is 3.39. The van der Waals surface area contributed by atoms with Crippen molar-refractivity contribution >= 4 is 16.7 Å². The van der Waals surface area contributed by atoms with E-state index >= 15 is 0 Å². The van der Waals surface area contributed by atoms with Crippen molar-refractivity contribution in [1.82, 2.24) is 4.57 Å². The largest absolute Gasteiger partial charge is 0.497 e. The highest BCUT2D eigenvalue weighted by atomic mass is 16.5. The molecule has 1 heterocycles. The average molecular weight is 265 g/mol. The number of Topliss-reactive ketones (excluding diaryl/α,β-unsaturated/α-hetero) is 1. The second kappa shape index (κ2) is 5.21. The molecule has 0 saturated carbocycles. The van der Waals surface area contributed by atoms with Crippen LogP contribution in [0.3, 0.4) is 0 Å². The number of carbonyl (C=O) groups excluding carboxylic acids is 1. The van der Waals surface area contributed by atoms with E-state index in [4.69, 9.17) is 4.74 Å². The van der Waals surface area contributed by atoms with Gasteiger partial charge in [-0.05, 0) is 29.7 Å². The number of carbonyl (C=O) groups is 1. The third kappa shape index (κ3) is 2.30. The maximum Gasteiger partial charge on any atom is 0.182 e. The molecule has 0 fully saturated rings. The number of rotatable bonds is 4. The maximum atomic E-state index is 12.3. The topological polar surface area (TPSA) is 31.2 Å². The molecule has 0 aliphatic carbocycles. The number of nitrogens with zero attached hydrogens (tertiary/aromatic N) is 1. The highest BCUT2D eigenvalue weighted by Crippen LogP contribution is 2.17. The molecule has 0 saturated heterocycles. The minimum absolute atomic E-state index is 0.0743. The molecule has 0 N–H and O–H groups in total. The van der Waals surface area contributed by atoms with Gasteiger partial charge >= 0.3 is 0 Å². The lowest BCUT2D eigenvalue weighted by molar-refractivity contribution is 0.0973. The number of hydrogen-bond acceptors (Lipinski definition) is 2. The Kier molecular flexibility index (Phi) is 3.25. The Balaban J connectivity index is 1.88. The Morgan fingerprint density at radius 1 is 1.10 bits per heavy atom. The maximum absolute atomic E-state index is 12.3. The van der Waals surface area contributed by atoms with Crippen molar-refractivity contribution in [3.05, 3.63) is 66.4 Å². The van der Waals surface area contributed by atoms with E-state index in [-0.39, 0.29) is 5.78 Å². The molecule has 2 aromatic carbocycles. The minimum Gasteiger partial charge on any atom is -0.497 e. The summed E-state index contributed by atoms with van der Waals surface area (Å²) in [6, 6.07) is 17.3. The van der Waals surface area contributed by atoms with E-state index in [1.165, 1.54) is 0 Å². The standard InChI is InChI=1S/C17H15NO2/c1-20-15-7-4-6-14(11-15)17(19)12-18-10-9-13-5-2-3-8-16(13)18/h2-11H,12H2,1H3. The first kappa shape index (κ1) is 12.5. The van der Waals surface area contributed by atoms with E-state index in [2.05, 4.69) is 0 Å². The SMILES string of the molecule is COc1cccc(C(=O)Cn2ccc3ccccc32)c1. The number of aromatic nitrogens is 1. The van der Waals surface area contributed by atoms with Crippen LogP contribution in [0.1, 0.15) is 10.4 Å². The Labute approximate surface area is 117 Å². The fraction of sp³-hybridized carbons (Fsp3) is 0.118. The first-order valence-corrected chi connectivity index (χ1v) is 6.49. The molecule has 0 amide bonds. The lowest BCUT2D eigenvalue weighted by Gasteiger charge is -2.06. The number of fused-ring (bicyclic) bond motifs is 1. The van der Waals surface area contributed by atoms with Gasteiger partial charge in [0.05, 0.1) is 13.7 Å². The molecule has 3 heteroatoms. The second-order valence-electron chi connectivity index (χ2n) is 4.66. The Bertz CT molecular complexity index is 758. The summed E-state index contributed by atoms with van der Waals surface area (Å²) in [6.45, 7) is 0.334. The normalized spacial score (nSPS) is 10.7. The van der Waals surface area contributed by atoms with E-state index in [0.29, 0.717) is 17.9 Å². The third-order valence-electron chi connectivity index (χ3n) is 3.39. The summed E-state index contributed by atoms with van der Waals surface area (Å²) in [5.74, 6) is 0.776. The Morgan fingerprint density at radius 3 is 2.80 bits per heavy atom. The molecule has 0 atom stereocenters. The zero-order chi connectivity index (χ0) is 13.9. The molecule has 0 aliphatic heterocycles. The minimum atomic E-state index is 0.0743. The van der Waals surface area contributed by atoms with Crippen LogP contribution in [-0.2, 0) is 6.54 Å². The van der Waals surface area contributed by atoms with Crippen LogP contribution in [0.5, 0.6) is 5.75 Å². The van der Waals surface area contributed by atoms with Crippen molar-refractivity contribution in [3.63, 3.8) is 0 Å². The smallest absolute Gasteiger partial charge is 0.182 e. The summed E-state index contributed by atoms with van der Waals surface area (Å²) < 4.78 is 7.12. The van der Waals surface area contributed by atoms with Gasteiger partial charge in [0.25, 0.3) is 0 Å². The van der Waals surface area contributed by atoms with E-state index in [1.54, 1.807) is 13.2 Å². The zero-order valence-electron chi connectivity index (χ0n) is 11.2. The number of para-hydroxylation sites is 1. The van der Waals surface area contributed by atoms with Gasteiger partial charge in [0.15, 0.2) is 5.78 Å². The van der Waals surface area contributed by atoms with Crippen LogP contribution in [0.2, 0.25) is 0 Å². The van der Waals surface area contributed by atoms with Gasteiger partial charge in [0, 0.05) is 17.3 Å². The summed E-state index contributed by atoms with van der Waals surface area (Å²) in [4.78, 5) is 12.3. The molecule has 0 spiro atoms. The molecule has 0 unspecified atom stereocenters. The Morgan fingerprint density at radius 2 is 1.95 bits per heavy atom. The molecule has 100 valence electrons. The number of hydrogen-bond donors (Lipinski definition) is 0. The molecular weight excluding hydrogens is 250 g/mol. The van der Waals surface area contributed by atoms with Crippen LogP contribution >= 0.6 is 0 Å². The van der Waals surface area contributed by atoms with Gasteiger partial charge in [-0.1, -0.05) is 30.3 Å². The molecule has 3 aromatic rings. The molecule has 0 bridgehead atoms. The van der Waals surface area contributed by atoms with E-state index in [1.807, 2.05) is 59.3 Å².